The lowest BCUT2D eigenvalue weighted by atomic mass is 9.99. The Balaban J connectivity index is 2.26. The Labute approximate surface area is 135 Å². The van der Waals surface area contributed by atoms with Gasteiger partial charge in [-0.25, -0.2) is 8.42 Å². The van der Waals surface area contributed by atoms with E-state index in [2.05, 4.69) is 5.32 Å². The number of sulfonamides is 1. The third kappa shape index (κ3) is 3.37. The molecule has 1 fully saturated rings. The normalized spacial score (nSPS) is 19.7. The molecule has 0 aliphatic carbocycles. The van der Waals surface area contributed by atoms with Crippen molar-refractivity contribution in [3.63, 3.8) is 0 Å². The summed E-state index contributed by atoms with van der Waals surface area (Å²) in [6, 6.07) is 4.36. The van der Waals surface area contributed by atoms with Gasteiger partial charge in [-0.05, 0) is 31.0 Å². The zero-order chi connectivity index (χ0) is 16.3. The smallest absolute Gasteiger partial charge is 0.243 e. The molecule has 0 unspecified atom stereocenters. The van der Waals surface area contributed by atoms with Gasteiger partial charge in [0.25, 0.3) is 0 Å². The van der Waals surface area contributed by atoms with Gasteiger partial charge in [-0.2, -0.15) is 4.31 Å². The number of piperidine rings is 1. The highest BCUT2D eigenvalue weighted by Crippen LogP contribution is 2.30. The number of amides is 1. The molecule has 6 nitrogen and oxygen atoms in total. The van der Waals surface area contributed by atoms with Crippen molar-refractivity contribution in [2.24, 2.45) is 5.92 Å². The Morgan fingerprint density at radius 1 is 1.45 bits per heavy atom. The van der Waals surface area contributed by atoms with Crippen LogP contribution in [0.4, 0.5) is 0 Å². The number of nitrogens with one attached hydrogen (secondary N) is 1. The zero-order valence-electron chi connectivity index (χ0n) is 12.5. The number of nitrogens with zero attached hydrogens (tertiary/aromatic N) is 1. The Morgan fingerprint density at radius 2 is 2.18 bits per heavy atom. The van der Waals surface area contributed by atoms with Gasteiger partial charge in [0.15, 0.2) is 0 Å². The van der Waals surface area contributed by atoms with Crippen LogP contribution in [0, 0.1) is 5.92 Å². The molecular weight excluding hydrogens is 328 g/mol. The van der Waals surface area contributed by atoms with Gasteiger partial charge >= 0.3 is 0 Å². The molecule has 1 aliphatic heterocycles. The molecule has 0 bridgehead atoms. The molecule has 0 aromatic heterocycles. The SMILES string of the molecule is CNC(=O)[C@H]1CCCN(S(=O)(=O)c2ccc(OC)c(Cl)c2)C1. The average Bonchev–Trinajstić information content (AvgIpc) is 2.54. The molecule has 2 rings (SSSR count). The van der Waals surface area contributed by atoms with Crippen LogP contribution in [0.2, 0.25) is 5.02 Å². The van der Waals surface area contributed by atoms with Crippen molar-refractivity contribution in [2.45, 2.75) is 17.7 Å². The quantitative estimate of drug-likeness (QED) is 0.896. The maximum Gasteiger partial charge on any atom is 0.243 e. The molecule has 1 aromatic rings. The first-order valence-electron chi connectivity index (χ1n) is 6.95. The lowest BCUT2D eigenvalue weighted by molar-refractivity contribution is -0.125. The maximum absolute atomic E-state index is 12.7. The summed E-state index contributed by atoms with van der Waals surface area (Å²) in [6.45, 7) is 0.588. The first-order chi connectivity index (χ1) is 10.4. The summed E-state index contributed by atoms with van der Waals surface area (Å²) in [6.07, 6.45) is 1.34. The Morgan fingerprint density at radius 3 is 2.77 bits per heavy atom. The van der Waals surface area contributed by atoms with E-state index in [4.69, 9.17) is 16.3 Å². The maximum atomic E-state index is 12.7. The topological polar surface area (TPSA) is 75.7 Å². The van der Waals surface area contributed by atoms with Crippen molar-refractivity contribution < 1.29 is 17.9 Å². The van der Waals surface area contributed by atoms with Crippen molar-refractivity contribution in [2.75, 3.05) is 27.2 Å². The Kier molecular flexibility index (Phi) is 5.31. The fourth-order valence-corrected chi connectivity index (χ4v) is 4.41. The number of rotatable bonds is 4. The lowest BCUT2D eigenvalue weighted by Crippen LogP contribution is -2.44. The van der Waals surface area contributed by atoms with Gasteiger partial charge in [0.1, 0.15) is 5.75 Å². The molecule has 8 heteroatoms. The molecule has 1 heterocycles. The monoisotopic (exact) mass is 346 g/mol. The molecule has 1 saturated heterocycles. The summed E-state index contributed by atoms with van der Waals surface area (Å²) < 4.78 is 31.8. The molecule has 1 N–H and O–H groups in total. The Bertz CT molecular complexity index is 663. The number of carbonyl (C=O) groups excluding carboxylic acids is 1. The van der Waals surface area contributed by atoms with E-state index >= 15 is 0 Å². The summed E-state index contributed by atoms with van der Waals surface area (Å²) in [7, 11) is -0.650. The minimum Gasteiger partial charge on any atom is -0.495 e. The molecular formula is C14H19ClN2O4S. The second-order valence-corrected chi connectivity index (χ2v) is 7.46. The van der Waals surface area contributed by atoms with Crippen molar-refractivity contribution in [1.29, 1.82) is 0 Å². The number of halogens is 1. The third-order valence-corrected chi connectivity index (χ3v) is 5.92. The number of hydrogen-bond donors (Lipinski definition) is 1. The van der Waals surface area contributed by atoms with Crippen molar-refractivity contribution in [3.8, 4) is 5.75 Å². The summed E-state index contributed by atoms with van der Waals surface area (Å²) >= 11 is 6.00. The summed E-state index contributed by atoms with van der Waals surface area (Å²) in [4.78, 5) is 11.9. The van der Waals surface area contributed by atoms with Crippen LogP contribution in [0.5, 0.6) is 5.75 Å². The molecule has 1 atom stereocenters. The molecule has 122 valence electrons. The van der Waals surface area contributed by atoms with E-state index in [0.29, 0.717) is 25.1 Å². The fraction of sp³-hybridized carbons (Fsp3) is 0.500. The molecule has 0 radical (unpaired) electrons. The summed E-state index contributed by atoms with van der Waals surface area (Å²) in [5, 5.41) is 2.81. The van der Waals surface area contributed by atoms with Crippen molar-refractivity contribution in [1.82, 2.24) is 9.62 Å². The number of benzene rings is 1. The number of methoxy groups -OCH3 is 1. The molecule has 22 heavy (non-hydrogen) atoms. The Hall–Kier alpha value is -1.31. The van der Waals surface area contributed by atoms with Crippen LogP contribution in [0.25, 0.3) is 0 Å². The van der Waals surface area contributed by atoms with E-state index in [1.54, 1.807) is 7.05 Å². The molecule has 0 spiro atoms. The highest BCUT2D eigenvalue weighted by Gasteiger charge is 2.33. The predicted octanol–water partition coefficient (Wildman–Crippen LogP) is 1.50. The van der Waals surface area contributed by atoms with E-state index in [9.17, 15) is 13.2 Å². The van der Waals surface area contributed by atoms with Crippen LogP contribution in [0.15, 0.2) is 23.1 Å². The number of ether oxygens (including phenoxy) is 1. The third-order valence-electron chi connectivity index (χ3n) is 3.76. The van der Waals surface area contributed by atoms with E-state index in [1.807, 2.05) is 0 Å². The second kappa shape index (κ2) is 6.85. The van der Waals surface area contributed by atoms with Gasteiger partial charge in [0, 0.05) is 20.1 Å². The van der Waals surface area contributed by atoms with Crippen molar-refractivity contribution in [3.05, 3.63) is 23.2 Å². The standard InChI is InChI=1S/C14H19ClN2O4S/c1-16-14(18)10-4-3-7-17(9-10)22(19,20)11-5-6-13(21-2)12(15)8-11/h5-6,8,10H,3-4,7,9H2,1-2H3,(H,16,18)/t10-/m0/s1. The van der Waals surface area contributed by atoms with Crippen LogP contribution in [0.1, 0.15) is 12.8 Å². The second-order valence-electron chi connectivity index (χ2n) is 5.11. The molecule has 1 amide bonds. The first kappa shape index (κ1) is 17.1. The van der Waals surface area contributed by atoms with E-state index in [1.165, 1.54) is 29.6 Å². The van der Waals surface area contributed by atoms with Crippen LogP contribution >= 0.6 is 11.6 Å². The highest BCUT2D eigenvalue weighted by molar-refractivity contribution is 7.89. The minimum absolute atomic E-state index is 0.107. The minimum atomic E-state index is -3.67. The van der Waals surface area contributed by atoms with E-state index < -0.39 is 10.0 Å². The van der Waals surface area contributed by atoms with Gasteiger partial charge in [-0.15, -0.1) is 0 Å². The van der Waals surface area contributed by atoms with Gasteiger partial charge in [-0.3, -0.25) is 4.79 Å². The van der Waals surface area contributed by atoms with Gasteiger partial charge < -0.3 is 10.1 Å². The van der Waals surface area contributed by atoms with Crippen LogP contribution in [-0.4, -0.2) is 45.9 Å². The number of carbonyl (C=O) groups is 1. The van der Waals surface area contributed by atoms with Gasteiger partial charge in [-0.1, -0.05) is 11.6 Å². The first-order valence-corrected chi connectivity index (χ1v) is 8.77. The highest BCUT2D eigenvalue weighted by atomic mass is 35.5. The van der Waals surface area contributed by atoms with Crippen molar-refractivity contribution >= 4 is 27.5 Å². The fourth-order valence-electron chi connectivity index (χ4n) is 2.54. The van der Waals surface area contributed by atoms with Gasteiger partial charge in [0.05, 0.1) is 22.9 Å². The molecule has 0 saturated carbocycles. The largest absolute Gasteiger partial charge is 0.495 e. The van der Waals surface area contributed by atoms with Gasteiger partial charge in [0.2, 0.25) is 15.9 Å². The summed E-state index contributed by atoms with van der Waals surface area (Å²) in [5.41, 5.74) is 0. The number of hydrogen-bond acceptors (Lipinski definition) is 4. The lowest BCUT2D eigenvalue weighted by Gasteiger charge is -2.31. The average molecular weight is 347 g/mol. The molecule has 1 aliphatic rings. The van der Waals surface area contributed by atoms with Crippen LogP contribution < -0.4 is 10.1 Å². The zero-order valence-corrected chi connectivity index (χ0v) is 14.1. The van der Waals surface area contributed by atoms with E-state index in [-0.39, 0.29) is 28.3 Å². The predicted molar refractivity (Wildman–Crippen MR) is 83.6 cm³/mol. The van der Waals surface area contributed by atoms with Crippen LogP contribution in [-0.2, 0) is 14.8 Å². The van der Waals surface area contributed by atoms with Crippen LogP contribution in [0.3, 0.4) is 0 Å². The molecule has 1 aromatic carbocycles. The van der Waals surface area contributed by atoms with E-state index in [0.717, 1.165) is 0 Å². The summed E-state index contributed by atoms with van der Waals surface area (Å²) in [5.74, 6) is -0.0302.